The van der Waals surface area contributed by atoms with Gasteiger partial charge in [0, 0.05) is 6.61 Å². The number of nitriles is 1. The van der Waals surface area contributed by atoms with Crippen molar-refractivity contribution >= 4 is 0 Å². The van der Waals surface area contributed by atoms with Gasteiger partial charge in [-0.25, -0.2) is 4.39 Å². The monoisotopic (exact) mass is 173 g/mol. The first-order valence-electron chi connectivity index (χ1n) is 3.95. The summed E-state index contributed by atoms with van der Waals surface area (Å²) in [4.78, 5) is 0. The Morgan fingerprint density at radius 3 is 2.92 bits per heavy atom. The van der Waals surface area contributed by atoms with Crippen molar-refractivity contribution < 1.29 is 14.2 Å². The molecule has 0 aromatic carbocycles. The highest BCUT2D eigenvalue weighted by Crippen LogP contribution is 2.32. The van der Waals surface area contributed by atoms with E-state index >= 15 is 0 Å². The number of aliphatic hydroxyl groups is 1. The van der Waals surface area contributed by atoms with E-state index < -0.39 is 18.2 Å². The molecular weight excluding hydrogens is 161 g/mol. The van der Waals surface area contributed by atoms with Crippen molar-refractivity contribution in [3.8, 4) is 6.07 Å². The molecule has 0 spiro atoms. The average molecular weight is 173 g/mol. The fourth-order valence-electron chi connectivity index (χ4n) is 1.41. The Kier molecular flexibility index (Phi) is 3.01. The predicted molar refractivity (Wildman–Crippen MR) is 40.1 cm³/mol. The molecule has 0 radical (unpaired) electrons. The summed E-state index contributed by atoms with van der Waals surface area (Å²) < 4.78 is 17.0. The van der Waals surface area contributed by atoms with Crippen molar-refractivity contribution in [2.24, 2.45) is 5.41 Å². The van der Waals surface area contributed by atoms with E-state index in [-0.39, 0.29) is 6.42 Å². The van der Waals surface area contributed by atoms with Crippen molar-refractivity contribution in [1.82, 2.24) is 0 Å². The lowest BCUT2D eigenvalue weighted by molar-refractivity contribution is 0.0854. The molecule has 1 aliphatic rings. The number of hydrogen-bond donors (Lipinski definition) is 1. The summed E-state index contributed by atoms with van der Waals surface area (Å²) in [5.41, 5.74) is -0.647. The molecule has 1 fully saturated rings. The molecule has 1 saturated heterocycles. The van der Waals surface area contributed by atoms with Gasteiger partial charge in [0.15, 0.2) is 0 Å². The van der Waals surface area contributed by atoms with Crippen molar-refractivity contribution in [2.45, 2.75) is 18.9 Å². The van der Waals surface area contributed by atoms with E-state index in [1.165, 1.54) is 0 Å². The van der Waals surface area contributed by atoms with Crippen molar-refractivity contribution in [1.29, 1.82) is 5.26 Å². The molecule has 2 unspecified atom stereocenters. The molecule has 2 atom stereocenters. The predicted octanol–water partition coefficient (Wildman–Crippen LogP) is 0.637. The molecule has 1 N–H and O–H groups in total. The first-order chi connectivity index (χ1) is 5.72. The minimum absolute atomic E-state index is 0.181. The van der Waals surface area contributed by atoms with Crippen molar-refractivity contribution in [3.63, 3.8) is 0 Å². The third-order valence-electron chi connectivity index (χ3n) is 2.14. The molecule has 0 amide bonds. The molecule has 0 bridgehead atoms. The van der Waals surface area contributed by atoms with Gasteiger partial charge in [0.1, 0.15) is 6.67 Å². The number of halogens is 1. The minimum atomic E-state index is -1.02. The van der Waals surface area contributed by atoms with Crippen molar-refractivity contribution in [3.05, 3.63) is 0 Å². The standard InChI is InChI=1S/C8H12FNO2/c9-4-7(11)3-8(5-10)1-2-12-6-8/h7,11H,1-4,6H2. The number of hydrogen-bond acceptors (Lipinski definition) is 3. The van der Waals surface area contributed by atoms with E-state index in [0.29, 0.717) is 19.6 Å². The Balaban J connectivity index is 2.51. The van der Waals surface area contributed by atoms with Crippen LogP contribution >= 0.6 is 0 Å². The van der Waals surface area contributed by atoms with Crippen LogP contribution in [0.2, 0.25) is 0 Å². The molecule has 1 rings (SSSR count). The Morgan fingerprint density at radius 1 is 1.75 bits per heavy atom. The fourth-order valence-corrected chi connectivity index (χ4v) is 1.41. The minimum Gasteiger partial charge on any atom is -0.390 e. The van der Waals surface area contributed by atoms with Gasteiger partial charge in [0.2, 0.25) is 0 Å². The van der Waals surface area contributed by atoms with Crippen LogP contribution in [0, 0.1) is 16.7 Å². The van der Waals surface area contributed by atoms with Crippen LogP contribution in [0.4, 0.5) is 4.39 Å². The lowest BCUT2D eigenvalue weighted by atomic mass is 9.83. The maximum Gasteiger partial charge on any atom is 0.115 e. The summed E-state index contributed by atoms with van der Waals surface area (Å²) in [7, 11) is 0. The zero-order chi connectivity index (χ0) is 9.03. The zero-order valence-electron chi connectivity index (χ0n) is 6.79. The molecule has 4 heteroatoms. The number of alkyl halides is 1. The average Bonchev–Trinajstić information content (AvgIpc) is 2.54. The summed E-state index contributed by atoms with van der Waals surface area (Å²) in [5.74, 6) is 0. The first kappa shape index (κ1) is 9.43. The molecular formula is C8H12FNO2. The van der Waals surface area contributed by atoms with Crippen LogP contribution in [0.15, 0.2) is 0 Å². The molecule has 1 heterocycles. The van der Waals surface area contributed by atoms with Crippen LogP contribution in [0.1, 0.15) is 12.8 Å². The molecule has 0 aromatic rings. The van der Waals surface area contributed by atoms with E-state index in [9.17, 15) is 4.39 Å². The Hall–Kier alpha value is -0.660. The Morgan fingerprint density at radius 2 is 2.50 bits per heavy atom. The number of nitrogens with zero attached hydrogens (tertiary/aromatic N) is 1. The first-order valence-corrected chi connectivity index (χ1v) is 3.95. The fraction of sp³-hybridized carbons (Fsp3) is 0.875. The highest BCUT2D eigenvalue weighted by molar-refractivity contribution is 5.02. The van der Waals surface area contributed by atoms with Crippen molar-refractivity contribution in [2.75, 3.05) is 19.9 Å². The van der Waals surface area contributed by atoms with Crippen LogP contribution in [-0.2, 0) is 4.74 Å². The normalized spacial score (nSPS) is 31.4. The molecule has 0 aromatic heterocycles. The van der Waals surface area contributed by atoms with Gasteiger partial charge in [0.25, 0.3) is 0 Å². The van der Waals surface area contributed by atoms with Crippen LogP contribution in [-0.4, -0.2) is 31.1 Å². The maximum atomic E-state index is 11.9. The van der Waals surface area contributed by atoms with Gasteiger partial charge in [-0.1, -0.05) is 0 Å². The van der Waals surface area contributed by atoms with Crippen LogP contribution in [0.5, 0.6) is 0 Å². The second-order valence-corrected chi connectivity index (χ2v) is 3.21. The summed E-state index contributed by atoms with van der Waals surface area (Å²) >= 11 is 0. The van der Waals surface area contributed by atoms with E-state index in [1.54, 1.807) is 0 Å². The van der Waals surface area contributed by atoms with Crippen LogP contribution in [0.25, 0.3) is 0 Å². The summed E-state index contributed by atoms with van der Waals surface area (Å²) in [6.45, 7) is 0.0660. The van der Waals surface area contributed by atoms with Gasteiger partial charge in [-0.15, -0.1) is 0 Å². The van der Waals surface area contributed by atoms with Gasteiger partial charge >= 0.3 is 0 Å². The van der Waals surface area contributed by atoms with E-state index in [4.69, 9.17) is 15.1 Å². The SMILES string of the molecule is N#CC1(CC(O)CF)CCOC1. The van der Waals surface area contributed by atoms with Crippen LogP contribution < -0.4 is 0 Å². The molecule has 0 saturated carbocycles. The molecule has 12 heavy (non-hydrogen) atoms. The second kappa shape index (κ2) is 3.83. The van der Waals surface area contributed by atoms with Gasteiger partial charge in [-0.05, 0) is 12.8 Å². The largest absolute Gasteiger partial charge is 0.390 e. The second-order valence-electron chi connectivity index (χ2n) is 3.21. The number of ether oxygens (including phenoxy) is 1. The van der Waals surface area contributed by atoms with Crippen LogP contribution in [0.3, 0.4) is 0 Å². The summed E-state index contributed by atoms with van der Waals surface area (Å²) in [6, 6.07) is 2.09. The highest BCUT2D eigenvalue weighted by atomic mass is 19.1. The number of rotatable bonds is 3. The highest BCUT2D eigenvalue weighted by Gasteiger charge is 2.36. The molecule has 0 aliphatic carbocycles. The van der Waals surface area contributed by atoms with Gasteiger partial charge in [-0.3, -0.25) is 0 Å². The quantitative estimate of drug-likeness (QED) is 0.681. The summed E-state index contributed by atoms with van der Waals surface area (Å²) in [6.07, 6.45) is -0.244. The Labute approximate surface area is 70.8 Å². The molecule has 3 nitrogen and oxygen atoms in total. The summed E-state index contributed by atoms with van der Waals surface area (Å²) in [5, 5.41) is 17.8. The van der Waals surface area contributed by atoms with Gasteiger partial charge in [-0.2, -0.15) is 5.26 Å². The third-order valence-corrected chi connectivity index (χ3v) is 2.14. The van der Waals surface area contributed by atoms with E-state index in [1.807, 2.05) is 0 Å². The van der Waals surface area contributed by atoms with Gasteiger partial charge < -0.3 is 9.84 Å². The van der Waals surface area contributed by atoms with Gasteiger partial charge in [0.05, 0.1) is 24.2 Å². The third kappa shape index (κ3) is 1.93. The molecule has 1 aliphatic heterocycles. The van der Waals surface area contributed by atoms with E-state index in [2.05, 4.69) is 6.07 Å². The molecule has 68 valence electrons. The Bertz CT molecular complexity index is 184. The smallest absolute Gasteiger partial charge is 0.115 e. The lowest BCUT2D eigenvalue weighted by Crippen LogP contribution is -2.26. The maximum absolute atomic E-state index is 11.9. The zero-order valence-corrected chi connectivity index (χ0v) is 6.79. The lowest BCUT2D eigenvalue weighted by Gasteiger charge is -2.19. The van der Waals surface area contributed by atoms with E-state index in [0.717, 1.165) is 0 Å². The number of aliphatic hydroxyl groups excluding tert-OH is 1. The topological polar surface area (TPSA) is 53.2 Å².